The van der Waals surface area contributed by atoms with Crippen LogP contribution >= 0.6 is 0 Å². The first-order chi connectivity index (χ1) is 30.4. The van der Waals surface area contributed by atoms with Crippen molar-refractivity contribution in [1.29, 1.82) is 0 Å². The van der Waals surface area contributed by atoms with Crippen LogP contribution in [0.25, 0.3) is 33.4 Å². The molecule has 7 aromatic carbocycles. The average Bonchev–Trinajstić information content (AvgIpc) is 3.31. The minimum Gasteiger partial charge on any atom is -0.308 e. The number of hydrogen-bond donors (Lipinski definition) is 0. The Kier molecular flexibility index (Phi) is 9.08. The lowest BCUT2D eigenvalue weighted by atomic mass is 9.64. The Morgan fingerprint density at radius 3 is 1.53 bits per heavy atom. The summed E-state index contributed by atoms with van der Waals surface area (Å²) in [5, 5.41) is 0. The number of anilines is 4. The first-order valence-corrected chi connectivity index (χ1v) is 20.6. The summed E-state index contributed by atoms with van der Waals surface area (Å²) in [7, 11) is 0. The van der Waals surface area contributed by atoms with Gasteiger partial charge in [0.05, 0.1) is 22.7 Å². The van der Waals surface area contributed by atoms with Crippen molar-refractivity contribution in [2.45, 2.75) is 6.42 Å². The Labute approximate surface area is 357 Å². The fraction of sp³-hybridized carbons (Fsp3) is 0.0357. The number of hydrogen-bond acceptors (Lipinski definition) is 2. The van der Waals surface area contributed by atoms with E-state index in [-0.39, 0.29) is 28.7 Å². The molecule has 0 radical (unpaired) electrons. The van der Waals surface area contributed by atoms with Gasteiger partial charge in [-0.2, -0.15) is 0 Å². The van der Waals surface area contributed by atoms with Crippen LogP contribution in [0.5, 0.6) is 0 Å². The van der Waals surface area contributed by atoms with Crippen molar-refractivity contribution in [1.82, 2.24) is 0 Å². The van der Waals surface area contributed by atoms with Crippen molar-refractivity contribution >= 4 is 33.9 Å². The van der Waals surface area contributed by atoms with E-state index in [0.29, 0.717) is 12.1 Å². The lowest BCUT2D eigenvalue weighted by Gasteiger charge is -2.43. The SMILES string of the molecule is Fc1ccccc1N(C1=CC2=CC=C3CC(N(c4ccccc4F)c4ccc(-c5ccccc5)cc4F)=CC4=C3C2C(=C1)c1ccccc14)c1ccc(-c2ccccc2)cc1F. The van der Waals surface area contributed by atoms with Crippen LogP contribution in [0.3, 0.4) is 0 Å². The molecule has 11 rings (SSSR count). The third kappa shape index (κ3) is 6.26. The van der Waals surface area contributed by atoms with Gasteiger partial charge in [0.2, 0.25) is 0 Å². The summed E-state index contributed by atoms with van der Waals surface area (Å²) in [5.41, 5.74) is 12.5. The average molecular weight is 813 g/mol. The molecule has 0 aliphatic heterocycles. The maximum Gasteiger partial charge on any atom is 0.147 e. The van der Waals surface area contributed by atoms with Crippen LogP contribution in [0.4, 0.5) is 40.3 Å². The summed E-state index contributed by atoms with van der Waals surface area (Å²) in [5.74, 6) is -2.09. The molecule has 6 heteroatoms. The highest BCUT2D eigenvalue weighted by atomic mass is 19.1. The summed E-state index contributed by atoms with van der Waals surface area (Å²) >= 11 is 0. The Hall–Kier alpha value is -7.70. The quantitative estimate of drug-likeness (QED) is 0.141. The molecule has 0 fully saturated rings. The molecule has 62 heavy (non-hydrogen) atoms. The van der Waals surface area contributed by atoms with Crippen molar-refractivity contribution in [3.63, 3.8) is 0 Å². The van der Waals surface area contributed by atoms with Gasteiger partial charge in [-0.1, -0.05) is 133 Å². The molecule has 0 heterocycles. The molecule has 0 bridgehead atoms. The van der Waals surface area contributed by atoms with E-state index in [1.807, 2.05) is 91.0 Å². The monoisotopic (exact) mass is 812 g/mol. The lowest BCUT2D eigenvalue weighted by Crippen LogP contribution is -2.29. The van der Waals surface area contributed by atoms with E-state index >= 15 is 17.6 Å². The Balaban J connectivity index is 1.05. The minimum absolute atomic E-state index is 0.182. The van der Waals surface area contributed by atoms with E-state index in [9.17, 15) is 0 Å². The number of halogens is 4. The van der Waals surface area contributed by atoms with E-state index in [1.54, 1.807) is 58.3 Å². The van der Waals surface area contributed by atoms with Crippen molar-refractivity contribution in [2.75, 3.05) is 9.80 Å². The number of fused-ring (bicyclic) bond motifs is 3. The molecule has 1 unspecified atom stereocenters. The molecule has 4 aliphatic carbocycles. The second kappa shape index (κ2) is 15.1. The van der Waals surface area contributed by atoms with Crippen molar-refractivity contribution in [3.05, 3.63) is 263 Å². The number of allylic oxidation sites excluding steroid dienone is 10. The fourth-order valence-corrected chi connectivity index (χ4v) is 9.44. The zero-order valence-electron chi connectivity index (χ0n) is 33.2. The van der Waals surface area contributed by atoms with E-state index in [1.165, 1.54) is 24.3 Å². The predicted molar refractivity (Wildman–Crippen MR) is 243 cm³/mol. The first kappa shape index (κ1) is 37.3. The van der Waals surface area contributed by atoms with Crippen LogP contribution in [0.1, 0.15) is 17.5 Å². The minimum atomic E-state index is -0.486. The van der Waals surface area contributed by atoms with Crippen molar-refractivity contribution in [2.24, 2.45) is 5.92 Å². The summed E-state index contributed by atoms with van der Waals surface area (Å²) in [6.45, 7) is 0. The molecule has 4 aliphatic rings. The van der Waals surface area contributed by atoms with E-state index in [2.05, 4.69) is 36.4 Å². The highest BCUT2D eigenvalue weighted by molar-refractivity contribution is 6.00. The van der Waals surface area contributed by atoms with Crippen LogP contribution in [0, 0.1) is 29.2 Å². The molecule has 0 spiro atoms. The van der Waals surface area contributed by atoms with Gasteiger partial charge in [-0.25, -0.2) is 17.6 Å². The van der Waals surface area contributed by atoms with Gasteiger partial charge in [0.15, 0.2) is 0 Å². The molecule has 7 aromatic rings. The number of benzene rings is 7. The molecule has 0 amide bonds. The zero-order valence-corrected chi connectivity index (χ0v) is 33.2. The van der Waals surface area contributed by atoms with Crippen molar-refractivity contribution in [3.8, 4) is 22.3 Å². The van der Waals surface area contributed by atoms with Gasteiger partial charge in [0.1, 0.15) is 23.3 Å². The molecule has 2 nitrogen and oxygen atoms in total. The highest BCUT2D eigenvalue weighted by Gasteiger charge is 2.41. The molecule has 298 valence electrons. The summed E-state index contributed by atoms with van der Waals surface area (Å²) in [6.07, 6.45) is 10.7. The van der Waals surface area contributed by atoms with E-state index in [0.717, 1.165) is 66.9 Å². The van der Waals surface area contributed by atoms with Crippen LogP contribution in [0.15, 0.2) is 228 Å². The van der Waals surface area contributed by atoms with E-state index in [4.69, 9.17) is 0 Å². The van der Waals surface area contributed by atoms with Crippen LogP contribution < -0.4 is 9.80 Å². The molecule has 0 saturated carbocycles. The smallest absolute Gasteiger partial charge is 0.147 e. The number of nitrogens with zero attached hydrogens (tertiary/aromatic N) is 2. The van der Waals surface area contributed by atoms with Crippen LogP contribution in [0.2, 0.25) is 0 Å². The van der Waals surface area contributed by atoms with Gasteiger partial charge in [-0.05, 0) is 128 Å². The molecular weight excluding hydrogens is 777 g/mol. The highest BCUT2D eigenvalue weighted by Crippen LogP contribution is 2.57. The molecule has 0 saturated heterocycles. The van der Waals surface area contributed by atoms with Gasteiger partial charge in [0, 0.05) is 23.7 Å². The number of rotatable bonds is 8. The Morgan fingerprint density at radius 1 is 0.419 bits per heavy atom. The second-order valence-corrected chi connectivity index (χ2v) is 15.8. The normalized spacial score (nSPS) is 15.9. The van der Waals surface area contributed by atoms with Crippen LogP contribution in [-0.2, 0) is 0 Å². The maximum absolute atomic E-state index is 16.5. The molecule has 0 aromatic heterocycles. The summed E-state index contributed by atoms with van der Waals surface area (Å²) in [4.78, 5) is 3.37. The van der Waals surface area contributed by atoms with Crippen LogP contribution in [-0.4, -0.2) is 0 Å². The predicted octanol–water partition coefficient (Wildman–Crippen LogP) is 15.1. The third-order valence-corrected chi connectivity index (χ3v) is 12.2. The largest absolute Gasteiger partial charge is 0.308 e. The van der Waals surface area contributed by atoms with Gasteiger partial charge >= 0.3 is 0 Å². The lowest BCUT2D eigenvalue weighted by molar-refractivity contribution is 0.616. The zero-order chi connectivity index (χ0) is 41.9. The number of para-hydroxylation sites is 2. The van der Waals surface area contributed by atoms with Gasteiger partial charge in [0.25, 0.3) is 0 Å². The van der Waals surface area contributed by atoms with E-state index < -0.39 is 23.3 Å². The van der Waals surface area contributed by atoms with Crippen molar-refractivity contribution < 1.29 is 17.6 Å². The van der Waals surface area contributed by atoms with Gasteiger partial charge < -0.3 is 9.80 Å². The summed E-state index contributed by atoms with van der Waals surface area (Å²) < 4.78 is 64.9. The third-order valence-electron chi connectivity index (χ3n) is 12.2. The molecular formula is C56H36F4N2. The topological polar surface area (TPSA) is 6.48 Å². The fourth-order valence-electron chi connectivity index (χ4n) is 9.44. The molecule has 0 N–H and O–H groups in total. The Bertz CT molecular complexity index is 3150. The maximum atomic E-state index is 16.5. The van der Waals surface area contributed by atoms with Gasteiger partial charge in [-0.3, -0.25) is 0 Å². The molecule has 1 atom stereocenters. The standard InChI is InChI=1S/C56H36F4N2/c57-47-19-9-11-21-51(47)61(53-27-25-37(31-49(53)59)35-13-3-1-4-14-35)41-29-39-23-24-40-30-42(34-46-44-18-8-7-17-43(44)45(33-41)55(39)56(40)46)62(52-22-12-10-20-48(52)58)54-28-26-38(32-50(54)60)36-15-5-2-6-16-36/h1-29,31-34,55H,30H2. The Morgan fingerprint density at radius 2 is 0.935 bits per heavy atom. The second-order valence-electron chi connectivity index (χ2n) is 15.8. The first-order valence-electron chi connectivity index (χ1n) is 20.6. The summed E-state index contributed by atoms with van der Waals surface area (Å²) in [6, 6.07) is 50.4. The van der Waals surface area contributed by atoms with Gasteiger partial charge in [-0.15, -0.1) is 0 Å².